The van der Waals surface area contributed by atoms with Crippen LogP contribution in [0.4, 0.5) is 0 Å². The quantitative estimate of drug-likeness (QED) is 0.476. The fourth-order valence-corrected chi connectivity index (χ4v) is 2.18. The van der Waals surface area contributed by atoms with E-state index in [1.54, 1.807) is 0 Å². The van der Waals surface area contributed by atoms with Gasteiger partial charge in [-0.05, 0) is 12.8 Å². The fourth-order valence-electron chi connectivity index (χ4n) is 1.35. The van der Waals surface area contributed by atoms with E-state index in [4.69, 9.17) is 10.5 Å². The molecule has 0 aliphatic rings. The van der Waals surface area contributed by atoms with Crippen LogP contribution in [-0.4, -0.2) is 41.9 Å². The van der Waals surface area contributed by atoms with Crippen LogP contribution in [0.5, 0.6) is 0 Å². The third-order valence-electron chi connectivity index (χ3n) is 2.70. The summed E-state index contributed by atoms with van der Waals surface area (Å²) < 4.78 is 4.91. The molecule has 23 heavy (non-hydrogen) atoms. The number of carbonyl (C=O) groups is 3. The van der Waals surface area contributed by atoms with Crippen LogP contribution in [0.15, 0.2) is 0 Å². The summed E-state index contributed by atoms with van der Waals surface area (Å²) in [7, 11) is 0. The van der Waals surface area contributed by atoms with Gasteiger partial charge in [0.15, 0.2) is 5.12 Å². The van der Waals surface area contributed by atoms with Gasteiger partial charge in [-0.2, -0.15) is 0 Å². The summed E-state index contributed by atoms with van der Waals surface area (Å²) in [6.07, 6.45) is 1.16. The molecule has 0 heterocycles. The number of nitrogens with two attached hydrogens (primary N) is 1. The van der Waals surface area contributed by atoms with Gasteiger partial charge in [-0.25, -0.2) is 0 Å². The number of ether oxygens (including phenoxy) is 1. The molecule has 1 atom stereocenters. The highest BCUT2D eigenvalue weighted by Gasteiger charge is 2.21. The normalized spacial score (nSPS) is 12.0. The molecule has 0 unspecified atom stereocenters. The number of carbonyl (C=O) groups excluding carboxylic acids is 3. The number of halogens is 1. The zero-order valence-electron chi connectivity index (χ0n) is 14.3. The fraction of sp³-hybridized carbons (Fsp3) is 0.800. The Kier molecular flexibility index (Phi) is 13.4. The molecule has 0 aromatic heterocycles. The average molecular weight is 369 g/mol. The van der Waals surface area contributed by atoms with Crippen molar-refractivity contribution in [3.63, 3.8) is 0 Å². The minimum Gasteiger partial charge on any atom is -0.465 e. The van der Waals surface area contributed by atoms with Gasteiger partial charge in [-0.3, -0.25) is 14.4 Å². The zero-order valence-corrected chi connectivity index (χ0v) is 16.0. The molecule has 0 fully saturated rings. The summed E-state index contributed by atoms with van der Waals surface area (Å²) in [6.45, 7) is 8.24. The summed E-state index contributed by atoms with van der Waals surface area (Å²) in [5.74, 6) is -0.115. The molecule has 0 saturated heterocycles. The molecule has 0 spiro atoms. The van der Waals surface area contributed by atoms with Crippen molar-refractivity contribution in [1.82, 2.24) is 5.32 Å². The van der Waals surface area contributed by atoms with E-state index in [1.807, 2.05) is 27.7 Å². The molecular weight excluding hydrogens is 340 g/mol. The third-order valence-corrected chi connectivity index (χ3v) is 3.99. The molecule has 1 amide bonds. The monoisotopic (exact) mass is 368 g/mol. The van der Waals surface area contributed by atoms with Crippen LogP contribution in [0.3, 0.4) is 0 Å². The van der Waals surface area contributed by atoms with Crippen LogP contribution in [-0.2, 0) is 19.1 Å². The van der Waals surface area contributed by atoms with Crippen LogP contribution < -0.4 is 11.1 Å². The number of amides is 1. The van der Waals surface area contributed by atoms with Crippen molar-refractivity contribution in [2.75, 3.05) is 18.9 Å². The van der Waals surface area contributed by atoms with E-state index in [1.165, 1.54) is 11.8 Å². The first kappa shape index (κ1) is 24.5. The summed E-state index contributed by atoms with van der Waals surface area (Å²) in [5, 5.41) is 2.81. The van der Waals surface area contributed by atoms with Crippen LogP contribution in [0, 0.1) is 5.41 Å². The van der Waals surface area contributed by atoms with E-state index < -0.39 is 12.0 Å². The molecule has 0 bridgehead atoms. The van der Waals surface area contributed by atoms with Crippen molar-refractivity contribution in [2.24, 2.45) is 11.1 Å². The van der Waals surface area contributed by atoms with Crippen LogP contribution >= 0.6 is 24.2 Å². The Hall–Kier alpha value is -0.790. The van der Waals surface area contributed by atoms with Crippen molar-refractivity contribution in [3.8, 4) is 0 Å². The molecule has 0 aliphatic carbocycles. The molecule has 0 saturated carbocycles. The lowest BCUT2D eigenvalue weighted by atomic mass is 10.00. The first-order valence-electron chi connectivity index (χ1n) is 7.54. The minimum absolute atomic E-state index is 0. The Morgan fingerprint density at radius 3 is 2.39 bits per heavy atom. The lowest BCUT2D eigenvalue weighted by molar-refractivity contribution is -0.145. The topological polar surface area (TPSA) is 98.5 Å². The lowest BCUT2D eigenvalue weighted by Gasteiger charge is -2.15. The van der Waals surface area contributed by atoms with Crippen LogP contribution in [0.25, 0.3) is 0 Å². The maximum Gasteiger partial charge on any atom is 0.322 e. The second-order valence-electron chi connectivity index (χ2n) is 6.05. The molecule has 0 radical (unpaired) electrons. The third kappa shape index (κ3) is 12.3. The van der Waals surface area contributed by atoms with Gasteiger partial charge in [0, 0.05) is 24.1 Å². The molecule has 3 N–H and O–H groups in total. The predicted molar refractivity (Wildman–Crippen MR) is 95.6 cm³/mol. The molecule has 0 rings (SSSR count). The highest BCUT2D eigenvalue weighted by molar-refractivity contribution is 8.13. The second-order valence-corrected chi connectivity index (χ2v) is 7.12. The number of esters is 1. The summed E-state index contributed by atoms with van der Waals surface area (Å²) in [5.41, 5.74) is 5.27. The zero-order chi connectivity index (χ0) is 17.2. The van der Waals surface area contributed by atoms with Gasteiger partial charge in [0.25, 0.3) is 0 Å². The van der Waals surface area contributed by atoms with Crippen molar-refractivity contribution in [2.45, 2.75) is 53.0 Å². The molecule has 6 nitrogen and oxygen atoms in total. The predicted octanol–water partition coefficient (Wildman–Crippen LogP) is 1.89. The second kappa shape index (κ2) is 12.6. The highest BCUT2D eigenvalue weighted by atomic mass is 35.5. The number of rotatable bonds is 9. The Balaban J connectivity index is 0. The SMILES string of the molecule is CCCOC(=O)[C@@H](N)CCC(=O)NCCSC(=O)C(C)(C)C.Cl. The van der Waals surface area contributed by atoms with E-state index in [2.05, 4.69) is 5.32 Å². The Labute approximate surface area is 149 Å². The number of nitrogens with one attached hydrogen (secondary N) is 1. The van der Waals surface area contributed by atoms with E-state index >= 15 is 0 Å². The standard InChI is InChI=1S/C15H28N2O4S.ClH/c1-5-9-21-13(19)11(16)6-7-12(18)17-8-10-22-14(20)15(2,3)4;/h11H,5-10,16H2,1-4H3,(H,17,18);1H/t11-;/m0./s1. The van der Waals surface area contributed by atoms with E-state index in [-0.39, 0.29) is 41.7 Å². The maximum absolute atomic E-state index is 11.7. The molecule has 0 aliphatic heterocycles. The van der Waals surface area contributed by atoms with E-state index in [9.17, 15) is 14.4 Å². The number of hydrogen-bond donors (Lipinski definition) is 2. The smallest absolute Gasteiger partial charge is 0.322 e. The Morgan fingerprint density at radius 1 is 1.26 bits per heavy atom. The molecule has 0 aromatic rings. The minimum atomic E-state index is -0.769. The molecule has 136 valence electrons. The first-order valence-corrected chi connectivity index (χ1v) is 8.53. The first-order chi connectivity index (χ1) is 10.2. The lowest BCUT2D eigenvalue weighted by Crippen LogP contribution is -2.35. The van der Waals surface area contributed by atoms with Gasteiger partial charge in [0.05, 0.1) is 6.61 Å². The van der Waals surface area contributed by atoms with Gasteiger partial charge >= 0.3 is 5.97 Å². The van der Waals surface area contributed by atoms with Gasteiger partial charge in [-0.15, -0.1) is 12.4 Å². The summed E-state index contributed by atoms with van der Waals surface area (Å²) in [4.78, 5) is 34.7. The molecule has 8 heteroatoms. The van der Waals surface area contributed by atoms with Gasteiger partial charge in [-0.1, -0.05) is 39.5 Å². The van der Waals surface area contributed by atoms with Crippen molar-refractivity contribution in [3.05, 3.63) is 0 Å². The number of hydrogen-bond acceptors (Lipinski definition) is 6. The van der Waals surface area contributed by atoms with Crippen molar-refractivity contribution >= 4 is 41.2 Å². The van der Waals surface area contributed by atoms with Gasteiger partial charge in [0.1, 0.15) is 6.04 Å². The largest absolute Gasteiger partial charge is 0.465 e. The van der Waals surface area contributed by atoms with Gasteiger partial charge in [0.2, 0.25) is 5.91 Å². The van der Waals surface area contributed by atoms with Crippen LogP contribution in [0.2, 0.25) is 0 Å². The molecular formula is C15H29ClN2O4S. The summed E-state index contributed by atoms with van der Waals surface area (Å²) >= 11 is 1.21. The van der Waals surface area contributed by atoms with Crippen molar-refractivity contribution < 1.29 is 19.1 Å². The maximum atomic E-state index is 11.7. The van der Waals surface area contributed by atoms with E-state index in [0.717, 1.165) is 6.42 Å². The van der Waals surface area contributed by atoms with Crippen molar-refractivity contribution in [1.29, 1.82) is 0 Å². The number of thioether (sulfide) groups is 1. The average Bonchev–Trinajstić information content (AvgIpc) is 2.45. The summed E-state index contributed by atoms with van der Waals surface area (Å²) in [6, 6.07) is -0.769. The Morgan fingerprint density at radius 2 is 1.87 bits per heavy atom. The van der Waals surface area contributed by atoms with Crippen LogP contribution in [0.1, 0.15) is 47.0 Å². The highest BCUT2D eigenvalue weighted by Crippen LogP contribution is 2.22. The molecule has 0 aromatic carbocycles. The van der Waals surface area contributed by atoms with E-state index in [0.29, 0.717) is 18.9 Å². The van der Waals surface area contributed by atoms with Gasteiger partial charge < -0.3 is 15.8 Å². The Bertz CT molecular complexity index is 386.